The van der Waals surface area contributed by atoms with Gasteiger partial charge in [0.2, 0.25) is 0 Å². The highest BCUT2D eigenvalue weighted by molar-refractivity contribution is 6.12. The van der Waals surface area contributed by atoms with E-state index in [4.69, 9.17) is 9.98 Å². The standard InChI is InChI=1S/C51H36N4/c1-35(38-12-5-3-6-13-38)54-51(43-14-7-4-8-15-43)55-36(2)39-19-25-42(26-20-39)47-27-28-48(50-18-10-9-17-49(47)50)46-31-37(33-52)30-45(32-46)41-23-21-40(22-24-41)44-16-11-29-53-34-44/h3-32,34H,2H2,1H3/b54-35+,55-51-. The quantitative estimate of drug-likeness (QED) is 0.117. The molecule has 8 aromatic rings. The van der Waals surface area contributed by atoms with Crippen LogP contribution in [0.25, 0.3) is 61.0 Å². The molecule has 7 aromatic carbocycles. The van der Waals surface area contributed by atoms with Gasteiger partial charge in [-0.05, 0) is 97.6 Å². The zero-order chi connectivity index (χ0) is 37.6. The lowest BCUT2D eigenvalue weighted by atomic mass is 9.89. The maximum Gasteiger partial charge on any atom is 0.160 e. The molecule has 8 rings (SSSR count). The van der Waals surface area contributed by atoms with E-state index in [1.54, 1.807) is 6.20 Å². The molecule has 1 aromatic heterocycles. The van der Waals surface area contributed by atoms with Crippen LogP contribution >= 0.6 is 0 Å². The van der Waals surface area contributed by atoms with Crippen LogP contribution in [-0.4, -0.2) is 16.5 Å². The first kappa shape index (κ1) is 34.6. The fraction of sp³-hybridized carbons (Fsp3) is 0.0196. The van der Waals surface area contributed by atoms with E-state index < -0.39 is 0 Å². The van der Waals surface area contributed by atoms with Crippen molar-refractivity contribution in [3.05, 3.63) is 217 Å². The number of hydrogen-bond donors (Lipinski definition) is 0. The minimum atomic E-state index is 0.614. The van der Waals surface area contributed by atoms with Crippen LogP contribution in [0.5, 0.6) is 0 Å². The predicted molar refractivity (Wildman–Crippen MR) is 229 cm³/mol. The molecule has 0 amide bonds. The number of benzene rings is 7. The van der Waals surface area contributed by atoms with E-state index in [2.05, 4.69) is 127 Å². The van der Waals surface area contributed by atoms with Gasteiger partial charge in [0.1, 0.15) is 0 Å². The highest BCUT2D eigenvalue weighted by atomic mass is 14.9. The van der Waals surface area contributed by atoms with Crippen LogP contribution in [0.3, 0.4) is 0 Å². The number of aromatic nitrogens is 1. The molecule has 1 heterocycles. The number of aliphatic imine (C=N–C) groups is 2. The van der Waals surface area contributed by atoms with Gasteiger partial charge < -0.3 is 0 Å². The van der Waals surface area contributed by atoms with Crippen LogP contribution in [0.2, 0.25) is 0 Å². The van der Waals surface area contributed by atoms with Crippen molar-refractivity contribution in [2.24, 2.45) is 9.98 Å². The summed E-state index contributed by atoms with van der Waals surface area (Å²) in [5.74, 6) is 0.614. The van der Waals surface area contributed by atoms with E-state index in [9.17, 15) is 5.26 Å². The van der Waals surface area contributed by atoms with Crippen LogP contribution in [0.1, 0.15) is 29.2 Å². The van der Waals surface area contributed by atoms with Crippen molar-refractivity contribution >= 4 is 28.0 Å². The average Bonchev–Trinajstić information content (AvgIpc) is 3.26. The molecule has 4 heteroatoms. The highest BCUT2D eigenvalue weighted by Gasteiger charge is 2.13. The van der Waals surface area contributed by atoms with Gasteiger partial charge in [0.25, 0.3) is 0 Å². The van der Waals surface area contributed by atoms with Crippen molar-refractivity contribution < 1.29 is 0 Å². The fourth-order valence-electron chi connectivity index (χ4n) is 6.88. The van der Waals surface area contributed by atoms with E-state index in [1.165, 1.54) is 0 Å². The van der Waals surface area contributed by atoms with Gasteiger partial charge in [-0.2, -0.15) is 5.26 Å². The molecule has 0 aliphatic rings. The molecule has 0 radical (unpaired) electrons. The highest BCUT2D eigenvalue weighted by Crippen LogP contribution is 2.38. The molecule has 4 nitrogen and oxygen atoms in total. The van der Waals surface area contributed by atoms with Crippen LogP contribution in [-0.2, 0) is 0 Å². The summed E-state index contributed by atoms with van der Waals surface area (Å²) < 4.78 is 0. The fourth-order valence-corrected chi connectivity index (χ4v) is 6.88. The predicted octanol–water partition coefficient (Wildman–Crippen LogP) is 12.7. The molecule has 0 unspecified atom stereocenters. The van der Waals surface area contributed by atoms with E-state index in [0.29, 0.717) is 17.1 Å². The van der Waals surface area contributed by atoms with Gasteiger partial charge in [-0.1, -0.05) is 158 Å². The number of rotatable bonds is 8. The molecule has 0 bridgehead atoms. The Morgan fingerprint density at radius 3 is 1.69 bits per heavy atom. The Morgan fingerprint density at radius 2 is 1.07 bits per heavy atom. The number of hydrogen-bond acceptors (Lipinski definition) is 3. The van der Waals surface area contributed by atoms with Gasteiger partial charge in [-0.3, -0.25) is 4.98 Å². The molecule has 55 heavy (non-hydrogen) atoms. The molecule has 0 aliphatic carbocycles. The lowest BCUT2D eigenvalue weighted by molar-refractivity contribution is 1.33. The third-order valence-electron chi connectivity index (χ3n) is 9.78. The normalized spacial score (nSPS) is 11.6. The van der Waals surface area contributed by atoms with E-state index in [-0.39, 0.29) is 0 Å². The molecule has 0 N–H and O–H groups in total. The summed E-state index contributed by atoms with van der Waals surface area (Å²) in [6, 6.07) is 62.3. The van der Waals surface area contributed by atoms with Crippen LogP contribution in [0.4, 0.5) is 0 Å². The first-order chi connectivity index (χ1) is 27.0. The van der Waals surface area contributed by atoms with Gasteiger partial charge in [-0.25, -0.2) is 9.98 Å². The summed E-state index contributed by atoms with van der Waals surface area (Å²) >= 11 is 0. The zero-order valence-electron chi connectivity index (χ0n) is 30.4. The monoisotopic (exact) mass is 704 g/mol. The van der Waals surface area contributed by atoms with E-state index >= 15 is 0 Å². The Bertz CT molecular complexity index is 2740. The number of nitriles is 1. The minimum Gasteiger partial charge on any atom is -0.264 e. The van der Waals surface area contributed by atoms with E-state index in [1.807, 2.05) is 79.9 Å². The molecule has 0 spiro atoms. The summed E-state index contributed by atoms with van der Waals surface area (Å²) in [6.07, 6.45) is 3.64. The Morgan fingerprint density at radius 1 is 0.509 bits per heavy atom. The van der Waals surface area contributed by atoms with Crippen LogP contribution in [0.15, 0.2) is 205 Å². The maximum atomic E-state index is 10.1. The molecule has 0 saturated heterocycles. The van der Waals surface area contributed by atoms with Crippen molar-refractivity contribution in [1.82, 2.24) is 4.98 Å². The van der Waals surface area contributed by atoms with Crippen molar-refractivity contribution in [3.63, 3.8) is 0 Å². The molecule has 0 atom stereocenters. The summed E-state index contributed by atoms with van der Waals surface area (Å²) in [7, 11) is 0. The van der Waals surface area contributed by atoms with Crippen LogP contribution < -0.4 is 0 Å². The lowest BCUT2D eigenvalue weighted by Gasteiger charge is -2.14. The zero-order valence-corrected chi connectivity index (χ0v) is 30.4. The second-order valence-electron chi connectivity index (χ2n) is 13.3. The largest absolute Gasteiger partial charge is 0.264 e. The molecule has 0 fully saturated rings. The van der Waals surface area contributed by atoms with E-state index in [0.717, 1.165) is 77.7 Å². The smallest absolute Gasteiger partial charge is 0.160 e. The van der Waals surface area contributed by atoms with Crippen molar-refractivity contribution in [3.8, 4) is 50.6 Å². The molecule has 0 aliphatic heterocycles. The number of fused-ring (bicyclic) bond motifs is 1. The first-order valence-electron chi connectivity index (χ1n) is 18.2. The lowest BCUT2D eigenvalue weighted by Crippen LogP contribution is -2.04. The van der Waals surface area contributed by atoms with Gasteiger partial charge in [-0.15, -0.1) is 0 Å². The molecular weight excluding hydrogens is 669 g/mol. The summed E-state index contributed by atoms with van der Waals surface area (Å²) in [5, 5.41) is 12.3. The maximum absolute atomic E-state index is 10.1. The number of nitrogens with zero attached hydrogens (tertiary/aromatic N) is 4. The van der Waals surface area contributed by atoms with Gasteiger partial charge in [0, 0.05) is 23.7 Å². The Balaban J connectivity index is 1.11. The number of amidine groups is 1. The Kier molecular flexibility index (Phi) is 9.83. The summed E-state index contributed by atoms with van der Waals surface area (Å²) in [5.41, 5.74) is 13.5. The van der Waals surface area contributed by atoms with Gasteiger partial charge in [0.15, 0.2) is 5.84 Å². The third kappa shape index (κ3) is 7.55. The van der Waals surface area contributed by atoms with Crippen molar-refractivity contribution in [2.45, 2.75) is 6.92 Å². The SMILES string of the molecule is C=C(/N=C(\N=C(/C)c1ccccc1)c1ccccc1)c1ccc(-c2ccc(-c3cc(C#N)cc(-c4ccc(-c5cccnc5)cc4)c3)c3ccccc23)cc1. The second kappa shape index (κ2) is 15.6. The molecular formula is C51H36N4. The Labute approximate surface area is 321 Å². The molecule has 260 valence electrons. The second-order valence-corrected chi connectivity index (χ2v) is 13.3. The topological polar surface area (TPSA) is 61.4 Å². The third-order valence-corrected chi connectivity index (χ3v) is 9.78. The van der Waals surface area contributed by atoms with Crippen molar-refractivity contribution in [1.29, 1.82) is 5.26 Å². The minimum absolute atomic E-state index is 0.614. The number of pyridine rings is 1. The summed E-state index contributed by atoms with van der Waals surface area (Å²) in [6.45, 7) is 6.35. The summed E-state index contributed by atoms with van der Waals surface area (Å²) in [4.78, 5) is 14.2. The molecule has 0 saturated carbocycles. The average molecular weight is 705 g/mol. The first-order valence-corrected chi connectivity index (χ1v) is 18.2. The van der Waals surface area contributed by atoms with Crippen LogP contribution in [0, 0.1) is 11.3 Å². The Hall–Kier alpha value is -7.48. The van der Waals surface area contributed by atoms with Gasteiger partial charge >= 0.3 is 0 Å². The van der Waals surface area contributed by atoms with Gasteiger partial charge in [0.05, 0.1) is 17.3 Å². The van der Waals surface area contributed by atoms with Crippen molar-refractivity contribution in [2.75, 3.05) is 0 Å².